The van der Waals surface area contributed by atoms with E-state index in [1.54, 1.807) is 0 Å². The number of aromatic nitrogens is 1. The Bertz CT molecular complexity index is 303. The van der Waals surface area contributed by atoms with Gasteiger partial charge in [-0.3, -0.25) is 4.90 Å². The number of nitrogens with zero attached hydrogens (tertiary/aromatic N) is 1. The van der Waals surface area contributed by atoms with Crippen LogP contribution in [0.3, 0.4) is 0 Å². The summed E-state index contributed by atoms with van der Waals surface area (Å²) >= 11 is 0. The summed E-state index contributed by atoms with van der Waals surface area (Å²) < 4.78 is 0. The Morgan fingerprint density at radius 1 is 1.57 bits per heavy atom. The Morgan fingerprint density at radius 3 is 3.07 bits per heavy atom. The molecule has 2 atom stereocenters. The summed E-state index contributed by atoms with van der Waals surface area (Å²) in [4.78, 5) is 5.88. The highest BCUT2D eigenvalue weighted by atomic mass is 15.2. The van der Waals surface area contributed by atoms with E-state index in [-0.39, 0.29) is 0 Å². The van der Waals surface area contributed by atoms with Gasteiger partial charge in [0, 0.05) is 30.4 Å². The van der Waals surface area contributed by atoms with E-state index in [9.17, 15) is 0 Å². The first-order chi connectivity index (χ1) is 6.74. The molecule has 0 fully saturated rings. The first-order valence-electron chi connectivity index (χ1n) is 5.62. The summed E-state index contributed by atoms with van der Waals surface area (Å²) in [6, 6.07) is 3.54. The largest absolute Gasteiger partial charge is 0.365 e. The van der Waals surface area contributed by atoms with Crippen molar-refractivity contribution in [3.8, 4) is 0 Å². The number of hydrogen-bond donors (Lipinski definition) is 1. The van der Waals surface area contributed by atoms with Crippen LogP contribution in [-0.2, 0) is 6.42 Å². The second-order valence-electron chi connectivity index (χ2n) is 4.43. The summed E-state index contributed by atoms with van der Waals surface area (Å²) in [6.07, 6.45) is 5.77. The fourth-order valence-corrected chi connectivity index (χ4v) is 2.50. The van der Waals surface area contributed by atoms with Crippen molar-refractivity contribution in [2.45, 2.75) is 45.2 Å². The molecule has 0 radical (unpaired) electrons. The lowest BCUT2D eigenvalue weighted by Gasteiger charge is -2.37. The van der Waals surface area contributed by atoms with E-state index in [4.69, 9.17) is 0 Å². The highest BCUT2D eigenvalue weighted by molar-refractivity contribution is 5.28. The fourth-order valence-electron chi connectivity index (χ4n) is 2.50. The van der Waals surface area contributed by atoms with Crippen molar-refractivity contribution in [1.29, 1.82) is 0 Å². The van der Waals surface area contributed by atoms with Crippen molar-refractivity contribution in [2.24, 2.45) is 0 Å². The molecule has 0 aliphatic carbocycles. The first kappa shape index (κ1) is 9.78. The molecule has 2 rings (SSSR count). The quantitative estimate of drug-likeness (QED) is 0.763. The van der Waals surface area contributed by atoms with Gasteiger partial charge in [0.05, 0.1) is 0 Å². The highest BCUT2D eigenvalue weighted by Gasteiger charge is 2.29. The number of rotatable bonds is 2. The fraction of sp³-hybridized carbons (Fsp3) is 0.667. The van der Waals surface area contributed by atoms with Crippen molar-refractivity contribution < 1.29 is 0 Å². The Labute approximate surface area is 86.3 Å². The van der Waals surface area contributed by atoms with Gasteiger partial charge in [-0.1, -0.05) is 13.3 Å². The third-order valence-electron chi connectivity index (χ3n) is 3.48. The van der Waals surface area contributed by atoms with Gasteiger partial charge in [-0.2, -0.15) is 0 Å². The number of hydrogen-bond acceptors (Lipinski definition) is 1. The third-order valence-corrected chi connectivity index (χ3v) is 3.48. The molecule has 2 heterocycles. The standard InChI is InChI=1S/C12H20N2/c1-4-5-12-10-6-7-13-11(10)8-9(2)14(12)3/h6-7,9,12-13H,4-5,8H2,1-3H3/t9-,12+/m1/s1. The molecule has 2 heteroatoms. The topological polar surface area (TPSA) is 19.0 Å². The number of H-pyrrole nitrogens is 1. The van der Waals surface area contributed by atoms with E-state index in [0.29, 0.717) is 12.1 Å². The Balaban J connectivity index is 2.30. The second kappa shape index (κ2) is 3.77. The van der Waals surface area contributed by atoms with Crippen molar-refractivity contribution in [3.63, 3.8) is 0 Å². The van der Waals surface area contributed by atoms with E-state index in [2.05, 4.69) is 43.0 Å². The van der Waals surface area contributed by atoms with E-state index >= 15 is 0 Å². The molecule has 14 heavy (non-hydrogen) atoms. The lowest BCUT2D eigenvalue weighted by Crippen LogP contribution is -2.38. The van der Waals surface area contributed by atoms with Crippen LogP contribution in [0.2, 0.25) is 0 Å². The van der Waals surface area contributed by atoms with Crippen LogP contribution in [0.4, 0.5) is 0 Å². The van der Waals surface area contributed by atoms with E-state index in [0.717, 1.165) is 0 Å². The zero-order valence-electron chi connectivity index (χ0n) is 9.38. The predicted molar refractivity (Wildman–Crippen MR) is 59.4 cm³/mol. The van der Waals surface area contributed by atoms with Gasteiger partial charge in [-0.05, 0) is 32.0 Å². The Hall–Kier alpha value is -0.760. The molecule has 0 saturated carbocycles. The van der Waals surface area contributed by atoms with Crippen LogP contribution in [0.15, 0.2) is 12.3 Å². The van der Waals surface area contributed by atoms with Crippen molar-refractivity contribution >= 4 is 0 Å². The number of nitrogens with one attached hydrogen (secondary N) is 1. The molecule has 1 aromatic heterocycles. The smallest absolute Gasteiger partial charge is 0.0365 e. The molecule has 0 amide bonds. The molecule has 1 aliphatic rings. The zero-order valence-corrected chi connectivity index (χ0v) is 9.38. The molecule has 0 bridgehead atoms. The summed E-state index contributed by atoms with van der Waals surface area (Å²) in [5.41, 5.74) is 2.97. The Morgan fingerprint density at radius 2 is 2.36 bits per heavy atom. The molecular weight excluding hydrogens is 172 g/mol. The zero-order chi connectivity index (χ0) is 10.1. The molecule has 0 spiro atoms. The second-order valence-corrected chi connectivity index (χ2v) is 4.43. The van der Waals surface area contributed by atoms with Crippen LogP contribution in [0, 0.1) is 0 Å². The van der Waals surface area contributed by atoms with Crippen LogP contribution in [-0.4, -0.2) is 23.0 Å². The maximum atomic E-state index is 3.37. The third kappa shape index (κ3) is 1.48. The number of aromatic amines is 1. The van der Waals surface area contributed by atoms with E-state index in [1.165, 1.54) is 30.5 Å². The van der Waals surface area contributed by atoms with Crippen molar-refractivity contribution in [3.05, 3.63) is 23.5 Å². The van der Waals surface area contributed by atoms with Crippen LogP contribution in [0.5, 0.6) is 0 Å². The average molecular weight is 192 g/mol. The average Bonchev–Trinajstić information content (AvgIpc) is 2.60. The van der Waals surface area contributed by atoms with Crippen LogP contribution in [0.25, 0.3) is 0 Å². The summed E-state index contributed by atoms with van der Waals surface area (Å²) in [6.45, 7) is 4.58. The van der Waals surface area contributed by atoms with Gasteiger partial charge in [-0.25, -0.2) is 0 Å². The maximum Gasteiger partial charge on any atom is 0.0365 e. The molecule has 1 aromatic rings. The molecule has 2 nitrogen and oxygen atoms in total. The van der Waals surface area contributed by atoms with E-state index < -0.39 is 0 Å². The molecule has 78 valence electrons. The molecule has 1 N–H and O–H groups in total. The van der Waals surface area contributed by atoms with Gasteiger partial charge in [-0.15, -0.1) is 0 Å². The number of fused-ring (bicyclic) bond motifs is 1. The molecule has 0 aromatic carbocycles. The SMILES string of the molecule is CCC[C@H]1c2cc[nH]c2C[C@@H](C)N1C. The van der Waals surface area contributed by atoms with Gasteiger partial charge in [0.25, 0.3) is 0 Å². The predicted octanol–water partition coefficient (Wildman–Crippen LogP) is 2.73. The lowest BCUT2D eigenvalue weighted by molar-refractivity contribution is 0.157. The van der Waals surface area contributed by atoms with Crippen molar-refractivity contribution in [2.75, 3.05) is 7.05 Å². The minimum Gasteiger partial charge on any atom is -0.365 e. The van der Waals surface area contributed by atoms with Gasteiger partial charge in [0.15, 0.2) is 0 Å². The first-order valence-corrected chi connectivity index (χ1v) is 5.62. The monoisotopic (exact) mass is 192 g/mol. The normalized spacial score (nSPS) is 27.6. The summed E-state index contributed by atoms with van der Waals surface area (Å²) in [7, 11) is 2.25. The number of likely N-dealkylation sites (N-methyl/N-ethyl adjacent to an activating group) is 1. The van der Waals surface area contributed by atoms with Crippen LogP contribution < -0.4 is 0 Å². The maximum absolute atomic E-state index is 3.37. The Kier molecular flexibility index (Phi) is 2.64. The van der Waals surface area contributed by atoms with Gasteiger partial charge in [0.1, 0.15) is 0 Å². The molecule has 1 aliphatic heterocycles. The van der Waals surface area contributed by atoms with E-state index in [1.807, 2.05) is 0 Å². The van der Waals surface area contributed by atoms with Gasteiger partial charge >= 0.3 is 0 Å². The lowest BCUT2D eigenvalue weighted by atomic mass is 9.92. The minimum atomic E-state index is 0.630. The molecule has 0 saturated heterocycles. The highest BCUT2D eigenvalue weighted by Crippen LogP contribution is 2.33. The van der Waals surface area contributed by atoms with Crippen LogP contribution in [0.1, 0.15) is 44.0 Å². The summed E-state index contributed by atoms with van der Waals surface area (Å²) in [5, 5.41) is 0. The molecule has 0 unspecified atom stereocenters. The van der Waals surface area contributed by atoms with Gasteiger partial charge < -0.3 is 4.98 Å². The van der Waals surface area contributed by atoms with Crippen molar-refractivity contribution in [1.82, 2.24) is 9.88 Å². The van der Waals surface area contributed by atoms with Crippen LogP contribution >= 0.6 is 0 Å². The summed E-state index contributed by atoms with van der Waals surface area (Å²) in [5.74, 6) is 0. The minimum absolute atomic E-state index is 0.630. The molecular formula is C12H20N2. The van der Waals surface area contributed by atoms with Gasteiger partial charge in [0.2, 0.25) is 0 Å².